The Morgan fingerprint density at radius 2 is 0.714 bits per heavy atom. The molecule has 14 heavy (non-hydrogen) atoms. The third-order valence-corrected chi connectivity index (χ3v) is 1.71. The molecule has 0 aromatic rings. The predicted molar refractivity (Wildman–Crippen MR) is 71.0 cm³/mol. The Balaban J connectivity index is -0.000000205. The van der Waals surface area contributed by atoms with Crippen LogP contribution in [0.2, 0.25) is 0 Å². The first-order valence-corrected chi connectivity index (χ1v) is 6.83. The van der Waals surface area contributed by atoms with Crippen LogP contribution in [-0.4, -0.2) is 0 Å². The van der Waals surface area contributed by atoms with Crippen molar-refractivity contribution in [2.75, 3.05) is 0 Å². The Hall–Kier alpha value is 0. The topological polar surface area (TPSA) is 0 Å². The molecule has 0 rings (SSSR count). The summed E-state index contributed by atoms with van der Waals surface area (Å²) >= 11 is 0. The normalized spacial score (nSPS) is 8.14. The van der Waals surface area contributed by atoms with Gasteiger partial charge in [0, 0.05) is 0 Å². The Kier molecular flexibility index (Phi) is 40.9. The third kappa shape index (κ3) is 40.3. The van der Waals surface area contributed by atoms with Crippen molar-refractivity contribution in [2.45, 2.75) is 92.9 Å². The minimum Gasteiger partial charge on any atom is -0.0683 e. The van der Waals surface area contributed by atoms with E-state index >= 15 is 0 Å². The van der Waals surface area contributed by atoms with Crippen molar-refractivity contribution in [1.29, 1.82) is 0 Å². The molecule has 0 unspecified atom stereocenters. The molecule has 0 bridgehead atoms. The summed E-state index contributed by atoms with van der Waals surface area (Å²) in [5.74, 6) is 0. The van der Waals surface area contributed by atoms with E-state index in [-0.39, 0.29) is 0 Å². The van der Waals surface area contributed by atoms with Crippen LogP contribution < -0.4 is 0 Å². The number of hydrogen-bond acceptors (Lipinski definition) is 0. The van der Waals surface area contributed by atoms with Crippen LogP contribution in [0.25, 0.3) is 0 Å². The van der Waals surface area contributed by atoms with Gasteiger partial charge in [-0.2, -0.15) is 0 Å². The molecule has 0 spiro atoms. The summed E-state index contributed by atoms with van der Waals surface area (Å²) < 4.78 is 0. The summed E-state index contributed by atoms with van der Waals surface area (Å²) in [6.45, 7) is 12.8. The molecule has 0 aliphatic rings. The summed E-state index contributed by atoms with van der Waals surface area (Å²) in [5, 5.41) is 0. The van der Waals surface area contributed by atoms with Crippen LogP contribution in [0.4, 0.5) is 0 Å². The van der Waals surface area contributed by atoms with Crippen molar-refractivity contribution in [2.24, 2.45) is 0 Å². The van der Waals surface area contributed by atoms with Gasteiger partial charge in [0.15, 0.2) is 0 Å². The lowest BCUT2D eigenvalue weighted by Crippen LogP contribution is -1.76. The molecule has 0 heteroatoms. The van der Waals surface area contributed by atoms with Crippen LogP contribution >= 0.6 is 0 Å². The minimum atomic E-state index is 1.25. The highest BCUT2D eigenvalue weighted by Gasteiger charge is 1.85. The van der Waals surface area contributed by atoms with E-state index in [4.69, 9.17) is 0 Å². The SMILES string of the molecule is CC.CCC.CCCCCCCCC. The second-order valence-corrected chi connectivity index (χ2v) is 3.47. The van der Waals surface area contributed by atoms with Crippen LogP contribution in [0.3, 0.4) is 0 Å². The van der Waals surface area contributed by atoms with Crippen LogP contribution in [0.5, 0.6) is 0 Å². The molecular formula is C14H34. The molecule has 0 fully saturated rings. The highest BCUT2D eigenvalue weighted by molar-refractivity contribution is 4.41. The van der Waals surface area contributed by atoms with Gasteiger partial charge in [0.1, 0.15) is 0 Å². The Labute approximate surface area is 93.5 Å². The molecule has 0 amide bonds. The quantitative estimate of drug-likeness (QED) is 0.450. The fourth-order valence-electron chi connectivity index (χ4n) is 1.03. The lowest BCUT2D eigenvalue weighted by atomic mass is 10.1. The van der Waals surface area contributed by atoms with E-state index in [0.717, 1.165) is 0 Å². The lowest BCUT2D eigenvalue weighted by Gasteiger charge is -1.96. The van der Waals surface area contributed by atoms with Gasteiger partial charge in [0.05, 0.1) is 0 Å². The second kappa shape index (κ2) is 29.2. The average molecular weight is 202 g/mol. The summed E-state index contributed by atoms with van der Waals surface area (Å²) in [7, 11) is 0. The van der Waals surface area contributed by atoms with Crippen LogP contribution in [0, 0.1) is 0 Å². The molecule has 0 aliphatic heterocycles. The van der Waals surface area contributed by atoms with Gasteiger partial charge < -0.3 is 0 Å². The molecule has 0 saturated carbocycles. The van der Waals surface area contributed by atoms with E-state index in [2.05, 4.69) is 27.7 Å². The van der Waals surface area contributed by atoms with Gasteiger partial charge in [-0.1, -0.05) is 92.9 Å². The van der Waals surface area contributed by atoms with Gasteiger partial charge >= 0.3 is 0 Å². The molecule has 0 aromatic carbocycles. The van der Waals surface area contributed by atoms with Gasteiger partial charge in [-0.3, -0.25) is 0 Å². The fraction of sp³-hybridized carbons (Fsp3) is 1.00. The van der Waals surface area contributed by atoms with Crippen molar-refractivity contribution in [1.82, 2.24) is 0 Å². The van der Waals surface area contributed by atoms with Gasteiger partial charge in [0.2, 0.25) is 0 Å². The van der Waals surface area contributed by atoms with Crippen molar-refractivity contribution < 1.29 is 0 Å². The number of unbranched alkanes of at least 4 members (excludes halogenated alkanes) is 6. The molecule has 0 aromatic heterocycles. The van der Waals surface area contributed by atoms with Crippen molar-refractivity contribution in [3.05, 3.63) is 0 Å². The first-order valence-electron chi connectivity index (χ1n) is 6.83. The molecule has 0 nitrogen and oxygen atoms in total. The zero-order valence-corrected chi connectivity index (χ0v) is 11.7. The first-order chi connectivity index (χ1) is 6.83. The van der Waals surface area contributed by atoms with Crippen LogP contribution in [0.1, 0.15) is 92.9 Å². The maximum atomic E-state index is 2.26. The smallest absolute Gasteiger partial charge is 0.0533 e. The number of rotatable bonds is 6. The standard InChI is InChI=1S/C9H20.C3H8.C2H6/c1-3-5-7-9-8-6-4-2;1-3-2;1-2/h3-9H2,1-2H3;3H2,1-2H3;1-2H3. The lowest BCUT2D eigenvalue weighted by molar-refractivity contribution is 0.602. The third-order valence-electron chi connectivity index (χ3n) is 1.71. The second-order valence-electron chi connectivity index (χ2n) is 3.47. The maximum absolute atomic E-state index is 2.26. The maximum Gasteiger partial charge on any atom is -0.0533 e. The summed E-state index contributed by atoms with van der Waals surface area (Å²) in [6.07, 6.45) is 11.2. The molecule has 0 atom stereocenters. The summed E-state index contributed by atoms with van der Waals surface area (Å²) in [5.41, 5.74) is 0. The van der Waals surface area contributed by atoms with E-state index in [1.165, 1.54) is 51.4 Å². The molecule has 0 radical (unpaired) electrons. The highest BCUT2D eigenvalue weighted by atomic mass is 13.9. The first kappa shape index (κ1) is 19.6. The Bertz CT molecular complexity index is 42.0. The molecule has 0 saturated heterocycles. The Morgan fingerprint density at radius 1 is 0.500 bits per heavy atom. The van der Waals surface area contributed by atoms with Gasteiger partial charge in [-0.05, 0) is 0 Å². The fourth-order valence-corrected chi connectivity index (χ4v) is 1.03. The zero-order chi connectivity index (χ0) is 11.7. The number of hydrogen-bond donors (Lipinski definition) is 0. The van der Waals surface area contributed by atoms with Crippen LogP contribution in [0.15, 0.2) is 0 Å². The largest absolute Gasteiger partial charge is 0.0683 e. The molecule has 0 aliphatic carbocycles. The monoisotopic (exact) mass is 202 g/mol. The molecule has 0 N–H and O–H groups in total. The van der Waals surface area contributed by atoms with Crippen molar-refractivity contribution in [3.63, 3.8) is 0 Å². The van der Waals surface area contributed by atoms with E-state index in [1.807, 2.05) is 13.8 Å². The van der Waals surface area contributed by atoms with Crippen LogP contribution in [-0.2, 0) is 0 Å². The summed E-state index contributed by atoms with van der Waals surface area (Å²) in [6, 6.07) is 0. The minimum absolute atomic E-state index is 1.25. The van der Waals surface area contributed by atoms with E-state index in [9.17, 15) is 0 Å². The van der Waals surface area contributed by atoms with E-state index < -0.39 is 0 Å². The van der Waals surface area contributed by atoms with Gasteiger partial charge in [0.25, 0.3) is 0 Å². The zero-order valence-electron chi connectivity index (χ0n) is 11.7. The molecular weight excluding hydrogens is 168 g/mol. The Morgan fingerprint density at radius 3 is 0.929 bits per heavy atom. The van der Waals surface area contributed by atoms with Gasteiger partial charge in [-0.25, -0.2) is 0 Å². The van der Waals surface area contributed by atoms with E-state index in [1.54, 1.807) is 0 Å². The summed E-state index contributed by atoms with van der Waals surface area (Å²) in [4.78, 5) is 0. The van der Waals surface area contributed by atoms with Gasteiger partial charge in [-0.15, -0.1) is 0 Å². The molecule has 90 valence electrons. The molecule has 0 heterocycles. The average Bonchev–Trinajstić information content (AvgIpc) is 2.22. The van der Waals surface area contributed by atoms with E-state index in [0.29, 0.717) is 0 Å². The highest BCUT2D eigenvalue weighted by Crippen LogP contribution is 2.05. The van der Waals surface area contributed by atoms with Crippen molar-refractivity contribution >= 4 is 0 Å². The van der Waals surface area contributed by atoms with Crippen molar-refractivity contribution in [3.8, 4) is 0 Å². The predicted octanol–water partition coefficient (Wildman–Crippen LogP) is 6.20.